The predicted molar refractivity (Wildman–Crippen MR) is 77.6 cm³/mol. The molecule has 0 aliphatic carbocycles. The van der Waals surface area contributed by atoms with Crippen molar-refractivity contribution in [3.8, 4) is 5.69 Å². The van der Waals surface area contributed by atoms with E-state index in [0.29, 0.717) is 10.5 Å². The summed E-state index contributed by atoms with van der Waals surface area (Å²) in [6, 6.07) is 4.75. The molecule has 7 heteroatoms. The molecule has 3 rings (SSSR count). The lowest BCUT2D eigenvalue weighted by Gasteiger charge is -2.06. The average molecular weight is 341 g/mol. The van der Waals surface area contributed by atoms with Crippen LogP contribution in [0.1, 0.15) is 5.69 Å². The van der Waals surface area contributed by atoms with E-state index >= 15 is 0 Å². The molecule has 0 unspecified atom stereocenters. The van der Waals surface area contributed by atoms with Crippen molar-refractivity contribution >= 4 is 39.3 Å². The van der Waals surface area contributed by atoms with Gasteiger partial charge in [0.25, 0.3) is 0 Å². The van der Waals surface area contributed by atoms with Crippen LogP contribution < -0.4 is 0 Å². The first-order valence-corrected chi connectivity index (χ1v) is 6.79. The third-order valence-corrected chi connectivity index (χ3v) is 3.77. The molecule has 0 saturated heterocycles. The van der Waals surface area contributed by atoms with Gasteiger partial charge in [0.05, 0.1) is 11.4 Å². The summed E-state index contributed by atoms with van der Waals surface area (Å²) in [6.07, 6.45) is 0. The van der Waals surface area contributed by atoms with E-state index in [0.717, 1.165) is 21.3 Å². The lowest BCUT2D eigenvalue weighted by atomic mass is 10.3. The minimum Gasteiger partial charge on any atom is -0.327 e. The molecule has 0 saturated carbocycles. The van der Waals surface area contributed by atoms with Gasteiger partial charge in [-0.3, -0.25) is 4.57 Å². The fraction of sp³-hybridized carbons (Fsp3) is 0.167. The first-order valence-electron chi connectivity index (χ1n) is 5.59. The highest BCUT2D eigenvalue weighted by molar-refractivity contribution is 9.10. The number of aromatic nitrogens is 4. The third kappa shape index (κ3) is 1.84. The van der Waals surface area contributed by atoms with Crippen molar-refractivity contribution < 1.29 is 4.39 Å². The molecule has 0 radical (unpaired) electrons. The Morgan fingerprint density at radius 3 is 2.89 bits per heavy atom. The zero-order valence-corrected chi connectivity index (χ0v) is 12.6. The van der Waals surface area contributed by atoms with E-state index in [9.17, 15) is 4.39 Å². The Labute approximate surface area is 122 Å². The summed E-state index contributed by atoms with van der Waals surface area (Å²) in [5.74, 6) is -0.334. The van der Waals surface area contributed by atoms with Crippen LogP contribution in [0.25, 0.3) is 16.9 Å². The summed E-state index contributed by atoms with van der Waals surface area (Å²) < 4.78 is 18.6. The maximum absolute atomic E-state index is 14.0. The summed E-state index contributed by atoms with van der Waals surface area (Å²) >= 11 is 8.64. The molecule has 2 aromatic heterocycles. The lowest BCUT2D eigenvalue weighted by molar-refractivity contribution is 0.616. The predicted octanol–water partition coefficient (Wildman–Crippen LogP) is 3.63. The quantitative estimate of drug-likeness (QED) is 0.687. The number of hydrogen-bond donors (Lipinski definition) is 1. The summed E-state index contributed by atoms with van der Waals surface area (Å²) in [7, 11) is 1.81. The van der Waals surface area contributed by atoms with Crippen LogP contribution in [0.5, 0.6) is 0 Å². The number of nitrogens with one attached hydrogen (secondary N) is 1. The van der Waals surface area contributed by atoms with Crippen LogP contribution >= 0.6 is 28.1 Å². The highest BCUT2D eigenvalue weighted by Crippen LogP contribution is 2.25. The van der Waals surface area contributed by atoms with Crippen LogP contribution in [0.2, 0.25) is 0 Å². The minimum atomic E-state index is -0.334. The zero-order valence-electron chi connectivity index (χ0n) is 10.2. The number of aromatic amines is 1. The van der Waals surface area contributed by atoms with Gasteiger partial charge in [0, 0.05) is 11.5 Å². The summed E-state index contributed by atoms with van der Waals surface area (Å²) in [4.78, 5) is 3.07. The van der Waals surface area contributed by atoms with Gasteiger partial charge in [0.2, 0.25) is 0 Å². The van der Waals surface area contributed by atoms with Crippen LogP contribution in [0.15, 0.2) is 22.7 Å². The number of aryl methyl sites for hydroxylation is 2. The molecule has 2 heterocycles. The van der Waals surface area contributed by atoms with Gasteiger partial charge in [-0.15, -0.1) is 0 Å². The normalized spacial score (nSPS) is 11.4. The van der Waals surface area contributed by atoms with Gasteiger partial charge in [-0.25, -0.2) is 9.07 Å². The zero-order chi connectivity index (χ0) is 13.7. The van der Waals surface area contributed by atoms with Gasteiger partial charge in [-0.05, 0) is 37.3 Å². The Hall–Kier alpha value is -1.47. The van der Waals surface area contributed by atoms with E-state index in [1.54, 1.807) is 21.4 Å². The number of nitrogens with zero attached hydrogens (tertiary/aromatic N) is 3. The summed E-state index contributed by atoms with van der Waals surface area (Å²) in [5.41, 5.74) is 2.80. The molecule has 4 nitrogen and oxygen atoms in total. The van der Waals surface area contributed by atoms with Crippen molar-refractivity contribution in [2.45, 2.75) is 6.92 Å². The Kier molecular flexibility index (Phi) is 2.83. The molecule has 98 valence electrons. The summed E-state index contributed by atoms with van der Waals surface area (Å²) in [5, 5.41) is 4.31. The van der Waals surface area contributed by atoms with Crippen LogP contribution in [-0.2, 0) is 7.05 Å². The molecule has 1 N–H and O–H groups in total. The summed E-state index contributed by atoms with van der Waals surface area (Å²) in [6.45, 7) is 1.88. The maximum atomic E-state index is 14.0. The largest absolute Gasteiger partial charge is 0.327 e. The monoisotopic (exact) mass is 340 g/mol. The van der Waals surface area contributed by atoms with Gasteiger partial charge < -0.3 is 4.98 Å². The fourth-order valence-electron chi connectivity index (χ4n) is 2.19. The van der Waals surface area contributed by atoms with Gasteiger partial charge in [-0.2, -0.15) is 5.10 Å². The van der Waals surface area contributed by atoms with Gasteiger partial charge in [0.1, 0.15) is 11.3 Å². The van der Waals surface area contributed by atoms with Crippen molar-refractivity contribution in [2.75, 3.05) is 0 Å². The molecule has 0 fully saturated rings. The first kappa shape index (κ1) is 12.6. The Morgan fingerprint density at radius 2 is 2.16 bits per heavy atom. The molecular weight excluding hydrogens is 331 g/mol. The van der Waals surface area contributed by atoms with E-state index in [2.05, 4.69) is 26.0 Å². The standard InChI is InChI=1S/C12H10BrFN4S/c1-6-10-11(17(2)16-6)18(12(19)15-10)9-5-7(13)3-4-8(9)14/h3-5H,1-2H3,(H,15,19). The molecular formula is C12H10BrFN4S. The van der Waals surface area contributed by atoms with Crippen molar-refractivity contribution in [3.05, 3.63) is 39.0 Å². The van der Waals surface area contributed by atoms with Crippen LogP contribution in [0, 0.1) is 17.5 Å². The van der Waals surface area contributed by atoms with Crippen molar-refractivity contribution in [1.82, 2.24) is 19.3 Å². The molecule has 0 aliphatic heterocycles. The third-order valence-electron chi connectivity index (χ3n) is 2.99. The fourth-order valence-corrected chi connectivity index (χ4v) is 2.82. The molecule has 1 aromatic carbocycles. The number of H-pyrrole nitrogens is 1. The topological polar surface area (TPSA) is 38.5 Å². The highest BCUT2D eigenvalue weighted by atomic mass is 79.9. The number of halogens is 2. The van der Waals surface area contributed by atoms with E-state index in [-0.39, 0.29) is 5.82 Å². The van der Waals surface area contributed by atoms with E-state index in [1.165, 1.54) is 6.07 Å². The molecule has 0 aliphatic rings. The Morgan fingerprint density at radius 1 is 1.42 bits per heavy atom. The lowest BCUT2D eigenvalue weighted by Crippen LogP contribution is -2.03. The number of imidazole rings is 1. The van der Waals surface area contributed by atoms with Gasteiger partial charge in [-0.1, -0.05) is 15.9 Å². The molecule has 0 amide bonds. The smallest absolute Gasteiger partial charge is 0.184 e. The molecule has 19 heavy (non-hydrogen) atoms. The Bertz CT molecular complexity index is 845. The molecule has 0 spiro atoms. The van der Waals surface area contributed by atoms with Crippen molar-refractivity contribution in [3.63, 3.8) is 0 Å². The Balaban J connectivity index is 2.45. The van der Waals surface area contributed by atoms with Gasteiger partial charge in [0.15, 0.2) is 10.4 Å². The minimum absolute atomic E-state index is 0.334. The molecule has 0 atom stereocenters. The molecule has 3 aromatic rings. The molecule has 0 bridgehead atoms. The maximum Gasteiger partial charge on any atom is 0.184 e. The van der Waals surface area contributed by atoms with Crippen molar-refractivity contribution in [2.24, 2.45) is 7.05 Å². The number of fused-ring (bicyclic) bond motifs is 1. The number of rotatable bonds is 1. The van der Waals surface area contributed by atoms with Crippen molar-refractivity contribution in [1.29, 1.82) is 0 Å². The van der Waals surface area contributed by atoms with Crippen LogP contribution in [-0.4, -0.2) is 19.3 Å². The average Bonchev–Trinajstić information content (AvgIpc) is 2.81. The number of benzene rings is 1. The van der Waals surface area contributed by atoms with E-state index in [1.807, 2.05) is 14.0 Å². The second kappa shape index (κ2) is 4.28. The van der Waals surface area contributed by atoms with Crippen LogP contribution in [0.3, 0.4) is 0 Å². The van der Waals surface area contributed by atoms with E-state index < -0.39 is 0 Å². The van der Waals surface area contributed by atoms with Crippen LogP contribution in [0.4, 0.5) is 4.39 Å². The first-order chi connectivity index (χ1) is 8.99. The highest BCUT2D eigenvalue weighted by Gasteiger charge is 2.16. The van der Waals surface area contributed by atoms with Gasteiger partial charge >= 0.3 is 0 Å². The SMILES string of the molecule is Cc1nn(C)c2c1[nH]c(=S)n2-c1cc(Br)ccc1F. The second-order valence-electron chi connectivity index (χ2n) is 4.27. The number of hydrogen-bond acceptors (Lipinski definition) is 2. The van der Waals surface area contributed by atoms with E-state index in [4.69, 9.17) is 12.2 Å². The second-order valence-corrected chi connectivity index (χ2v) is 5.57.